The molecule has 2 rings (SSSR count). The van der Waals surface area contributed by atoms with Gasteiger partial charge < -0.3 is 10.8 Å². The number of rotatable bonds is 4. The number of benzene rings is 1. The van der Waals surface area contributed by atoms with Crippen molar-refractivity contribution in [3.8, 4) is 11.3 Å². The van der Waals surface area contributed by atoms with E-state index in [0.717, 1.165) is 16.3 Å². The average molecular weight is 269 g/mol. The van der Waals surface area contributed by atoms with E-state index in [-0.39, 0.29) is 12.6 Å². The third-order valence-corrected chi connectivity index (χ3v) is 3.49. The second-order valence-corrected chi connectivity index (χ2v) is 5.16. The molecule has 0 radical (unpaired) electrons. The van der Waals surface area contributed by atoms with Crippen LogP contribution in [0.15, 0.2) is 29.6 Å². The van der Waals surface area contributed by atoms with E-state index in [2.05, 4.69) is 4.98 Å². The molecule has 5 heteroatoms. The van der Waals surface area contributed by atoms with Crippen LogP contribution in [0.2, 0.25) is 5.02 Å². The van der Waals surface area contributed by atoms with Gasteiger partial charge in [-0.3, -0.25) is 0 Å². The molecule has 0 aliphatic heterocycles. The van der Waals surface area contributed by atoms with Crippen molar-refractivity contribution in [2.24, 2.45) is 5.73 Å². The Labute approximate surface area is 109 Å². The maximum absolute atomic E-state index is 8.89. The van der Waals surface area contributed by atoms with E-state index in [1.54, 1.807) is 11.3 Å². The zero-order chi connectivity index (χ0) is 12.3. The molecule has 1 heterocycles. The Bertz CT molecular complexity index is 484. The zero-order valence-corrected chi connectivity index (χ0v) is 10.7. The van der Waals surface area contributed by atoms with Crippen LogP contribution in [0.4, 0.5) is 0 Å². The highest BCUT2D eigenvalue weighted by Gasteiger charge is 2.08. The second-order valence-electron chi connectivity index (χ2n) is 3.78. The minimum absolute atomic E-state index is 0.0180. The largest absolute Gasteiger partial charge is 0.395 e. The van der Waals surface area contributed by atoms with Crippen molar-refractivity contribution in [3.63, 3.8) is 0 Å². The molecule has 0 bridgehead atoms. The lowest BCUT2D eigenvalue weighted by Gasteiger charge is -2.03. The summed E-state index contributed by atoms with van der Waals surface area (Å²) in [6, 6.07) is 7.32. The van der Waals surface area contributed by atoms with E-state index in [0.29, 0.717) is 11.4 Å². The Hall–Kier alpha value is -0.940. The Morgan fingerprint density at radius 3 is 2.71 bits per heavy atom. The van der Waals surface area contributed by atoms with Crippen molar-refractivity contribution in [1.82, 2.24) is 4.98 Å². The Kier molecular flexibility index (Phi) is 4.12. The third kappa shape index (κ3) is 3.26. The minimum atomic E-state index is -0.237. The first-order chi connectivity index (χ1) is 8.19. The van der Waals surface area contributed by atoms with Crippen molar-refractivity contribution in [1.29, 1.82) is 0 Å². The molecule has 3 nitrogen and oxygen atoms in total. The number of halogens is 1. The topological polar surface area (TPSA) is 59.1 Å². The first kappa shape index (κ1) is 12.5. The van der Waals surface area contributed by atoms with Crippen LogP contribution < -0.4 is 5.73 Å². The molecule has 3 N–H and O–H groups in total. The first-order valence-electron chi connectivity index (χ1n) is 5.26. The molecule has 0 fully saturated rings. The number of nitrogens with two attached hydrogens (primary N) is 1. The van der Waals surface area contributed by atoms with E-state index in [9.17, 15) is 0 Å². The molecular weight excluding hydrogens is 256 g/mol. The normalized spacial score (nSPS) is 12.6. The molecule has 1 aromatic heterocycles. The number of thiazole rings is 1. The molecule has 1 unspecified atom stereocenters. The van der Waals surface area contributed by atoms with Gasteiger partial charge in [-0.05, 0) is 12.1 Å². The van der Waals surface area contributed by atoms with Crippen LogP contribution in [0.1, 0.15) is 5.01 Å². The summed E-state index contributed by atoms with van der Waals surface area (Å²) < 4.78 is 0. The molecule has 1 aromatic carbocycles. The van der Waals surface area contributed by atoms with Gasteiger partial charge in [0, 0.05) is 28.4 Å². The van der Waals surface area contributed by atoms with Crippen molar-refractivity contribution in [3.05, 3.63) is 39.7 Å². The molecule has 0 aliphatic carbocycles. The molecule has 0 aliphatic rings. The number of hydrogen-bond acceptors (Lipinski definition) is 4. The monoisotopic (exact) mass is 268 g/mol. The number of aliphatic hydroxyl groups is 1. The van der Waals surface area contributed by atoms with Gasteiger partial charge in [0.15, 0.2) is 0 Å². The summed E-state index contributed by atoms with van der Waals surface area (Å²) in [4.78, 5) is 4.48. The summed E-state index contributed by atoms with van der Waals surface area (Å²) in [5.74, 6) is 0. The Morgan fingerprint density at radius 1 is 1.35 bits per heavy atom. The molecule has 0 amide bonds. The van der Waals surface area contributed by atoms with E-state index in [4.69, 9.17) is 22.4 Å². The molecule has 2 aromatic rings. The summed E-state index contributed by atoms with van der Waals surface area (Å²) in [5.41, 5.74) is 7.63. The summed E-state index contributed by atoms with van der Waals surface area (Å²) in [5, 5.41) is 12.5. The van der Waals surface area contributed by atoms with Crippen LogP contribution in [0.25, 0.3) is 11.3 Å². The van der Waals surface area contributed by atoms with Gasteiger partial charge in [-0.1, -0.05) is 23.7 Å². The number of hydrogen-bond donors (Lipinski definition) is 2. The second kappa shape index (κ2) is 5.60. The van der Waals surface area contributed by atoms with Crippen LogP contribution in [0.3, 0.4) is 0 Å². The fourth-order valence-corrected chi connectivity index (χ4v) is 2.47. The SMILES string of the molecule is NC(CO)Cc1nc(-c2ccc(Cl)cc2)cs1. The van der Waals surface area contributed by atoms with Gasteiger partial charge in [0.05, 0.1) is 17.3 Å². The van der Waals surface area contributed by atoms with Gasteiger partial charge in [-0.15, -0.1) is 11.3 Å². The van der Waals surface area contributed by atoms with Crippen LogP contribution in [0, 0.1) is 0 Å². The summed E-state index contributed by atoms with van der Waals surface area (Å²) in [7, 11) is 0. The smallest absolute Gasteiger partial charge is 0.0948 e. The van der Waals surface area contributed by atoms with Gasteiger partial charge in [-0.25, -0.2) is 4.98 Å². The van der Waals surface area contributed by atoms with E-state index < -0.39 is 0 Å². The van der Waals surface area contributed by atoms with Crippen LogP contribution in [0.5, 0.6) is 0 Å². The summed E-state index contributed by atoms with van der Waals surface area (Å²) in [6.45, 7) is -0.0180. The summed E-state index contributed by atoms with van der Waals surface area (Å²) >= 11 is 7.39. The Morgan fingerprint density at radius 2 is 2.06 bits per heavy atom. The van der Waals surface area contributed by atoms with Gasteiger partial charge in [0.25, 0.3) is 0 Å². The predicted molar refractivity (Wildman–Crippen MR) is 71.3 cm³/mol. The maximum atomic E-state index is 8.89. The van der Waals surface area contributed by atoms with E-state index >= 15 is 0 Å². The number of aliphatic hydroxyl groups excluding tert-OH is 1. The maximum Gasteiger partial charge on any atom is 0.0948 e. The van der Waals surface area contributed by atoms with E-state index in [1.807, 2.05) is 29.6 Å². The van der Waals surface area contributed by atoms with Gasteiger partial charge in [0.1, 0.15) is 0 Å². The van der Waals surface area contributed by atoms with Crippen LogP contribution in [-0.4, -0.2) is 22.7 Å². The highest BCUT2D eigenvalue weighted by molar-refractivity contribution is 7.09. The van der Waals surface area contributed by atoms with Gasteiger partial charge in [-0.2, -0.15) is 0 Å². The van der Waals surface area contributed by atoms with Crippen molar-refractivity contribution in [2.45, 2.75) is 12.5 Å². The first-order valence-corrected chi connectivity index (χ1v) is 6.51. The Balaban J connectivity index is 2.15. The zero-order valence-electron chi connectivity index (χ0n) is 9.14. The fourth-order valence-electron chi connectivity index (χ4n) is 1.45. The lowest BCUT2D eigenvalue weighted by Crippen LogP contribution is -2.26. The molecule has 17 heavy (non-hydrogen) atoms. The highest BCUT2D eigenvalue weighted by atomic mass is 35.5. The van der Waals surface area contributed by atoms with Crippen LogP contribution in [-0.2, 0) is 6.42 Å². The summed E-state index contributed by atoms with van der Waals surface area (Å²) in [6.07, 6.45) is 0.606. The molecule has 0 spiro atoms. The van der Waals surface area contributed by atoms with Gasteiger partial charge >= 0.3 is 0 Å². The van der Waals surface area contributed by atoms with Gasteiger partial charge in [0.2, 0.25) is 0 Å². The standard InChI is InChI=1S/C12H13ClN2OS/c13-9-3-1-8(2-4-9)11-7-17-12(15-11)5-10(14)6-16/h1-4,7,10,16H,5-6,14H2. The lowest BCUT2D eigenvalue weighted by atomic mass is 10.2. The number of aromatic nitrogens is 1. The van der Waals surface area contributed by atoms with Crippen LogP contribution >= 0.6 is 22.9 Å². The quantitative estimate of drug-likeness (QED) is 0.895. The van der Waals surface area contributed by atoms with Crippen molar-refractivity contribution in [2.75, 3.05) is 6.61 Å². The molecular formula is C12H13ClN2OS. The third-order valence-electron chi connectivity index (χ3n) is 2.36. The predicted octanol–water partition coefficient (Wildman–Crippen LogP) is 2.33. The minimum Gasteiger partial charge on any atom is -0.395 e. The van der Waals surface area contributed by atoms with Crippen molar-refractivity contribution < 1.29 is 5.11 Å². The highest BCUT2D eigenvalue weighted by Crippen LogP contribution is 2.23. The molecule has 0 saturated heterocycles. The lowest BCUT2D eigenvalue weighted by molar-refractivity contribution is 0.265. The fraction of sp³-hybridized carbons (Fsp3) is 0.250. The molecule has 0 saturated carbocycles. The van der Waals surface area contributed by atoms with Crippen molar-refractivity contribution >= 4 is 22.9 Å². The van der Waals surface area contributed by atoms with E-state index in [1.165, 1.54) is 0 Å². The average Bonchev–Trinajstić information content (AvgIpc) is 2.78. The number of nitrogens with zero attached hydrogens (tertiary/aromatic N) is 1. The molecule has 1 atom stereocenters. The molecule has 90 valence electrons.